The van der Waals surface area contributed by atoms with Gasteiger partial charge in [0.1, 0.15) is 12.7 Å². The molecule has 0 spiro atoms. The molecule has 1 atom stereocenters. The van der Waals surface area contributed by atoms with Crippen LogP contribution in [0.5, 0.6) is 0 Å². The first-order chi connectivity index (χ1) is 10.6. The summed E-state index contributed by atoms with van der Waals surface area (Å²) in [6.07, 6.45) is 3.59. The van der Waals surface area contributed by atoms with Gasteiger partial charge >= 0.3 is 0 Å². The lowest BCUT2D eigenvalue weighted by atomic mass is 10.2. The highest BCUT2D eigenvalue weighted by Crippen LogP contribution is 2.28. The first kappa shape index (κ1) is 14.8. The molecule has 6 nitrogen and oxygen atoms in total. The molecule has 7 heteroatoms. The van der Waals surface area contributed by atoms with Crippen molar-refractivity contribution in [3.05, 3.63) is 42.5 Å². The van der Waals surface area contributed by atoms with E-state index in [-0.39, 0.29) is 16.3 Å². The van der Waals surface area contributed by atoms with Gasteiger partial charge in [-0.25, -0.2) is 9.67 Å². The Morgan fingerprint density at radius 1 is 1.36 bits per heavy atom. The van der Waals surface area contributed by atoms with Gasteiger partial charge in [0.05, 0.1) is 6.54 Å². The molecule has 3 rings (SSSR count). The lowest BCUT2D eigenvalue weighted by Crippen LogP contribution is -2.24. The van der Waals surface area contributed by atoms with E-state index in [9.17, 15) is 9.59 Å². The van der Waals surface area contributed by atoms with E-state index in [1.807, 2.05) is 24.3 Å². The molecule has 1 fully saturated rings. The van der Waals surface area contributed by atoms with Crippen LogP contribution in [0.4, 0.5) is 5.69 Å². The summed E-state index contributed by atoms with van der Waals surface area (Å²) in [4.78, 5) is 28.9. The summed E-state index contributed by atoms with van der Waals surface area (Å²) in [5.74, 6) is 0.0720. The summed E-state index contributed by atoms with van der Waals surface area (Å²) in [7, 11) is 0. The van der Waals surface area contributed by atoms with Crippen molar-refractivity contribution in [2.24, 2.45) is 0 Å². The lowest BCUT2D eigenvalue weighted by molar-refractivity contribution is -0.117. The monoisotopic (exact) mass is 316 g/mol. The van der Waals surface area contributed by atoms with E-state index in [2.05, 4.69) is 10.1 Å². The largest absolute Gasteiger partial charge is 0.311 e. The minimum atomic E-state index is 0.0554. The first-order valence-electron chi connectivity index (χ1n) is 7.01. The predicted molar refractivity (Wildman–Crippen MR) is 84.6 cm³/mol. The number of hydrogen-bond acceptors (Lipinski definition) is 5. The Morgan fingerprint density at radius 2 is 2.14 bits per heavy atom. The Morgan fingerprint density at radius 3 is 2.77 bits per heavy atom. The van der Waals surface area contributed by atoms with Gasteiger partial charge in [0.2, 0.25) is 5.91 Å². The normalized spacial score (nSPS) is 18.0. The average Bonchev–Trinajstić information content (AvgIpc) is 3.09. The molecule has 22 heavy (non-hydrogen) atoms. The van der Waals surface area contributed by atoms with Crippen molar-refractivity contribution < 1.29 is 9.59 Å². The van der Waals surface area contributed by atoms with Crippen molar-refractivity contribution >= 4 is 28.5 Å². The summed E-state index contributed by atoms with van der Waals surface area (Å²) in [5.41, 5.74) is 1.97. The molecule has 1 saturated heterocycles. The van der Waals surface area contributed by atoms with Gasteiger partial charge in [-0.15, -0.1) is 0 Å². The number of anilines is 1. The number of thioether (sulfide) groups is 1. The molecule has 1 aliphatic heterocycles. The Kier molecular flexibility index (Phi) is 4.24. The second kappa shape index (κ2) is 6.31. The van der Waals surface area contributed by atoms with Crippen molar-refractivity contribution in [2.75, 3.05) is 11.4 Å². The maximum absolute atomic E-state index is 12.1. The first-order valence-corrected chi connectivity index (χ1v) is 7.89. The number of rotatable bonds is 4. The molecule has 2 heterocycles. The second-order valence-electron chi connectivity index (χ2n) is 5.20. The number of aromatic nitrogens is 3. The number of carbonyl (C=O) groups is 2. The Balaban J connectivity index is 1.67. The molecular weight excluding hydrogens is 300 g/mol. The molecule has 2 aromatic rings. The molecule has 0 aliphatic carbocycles. The van der Waals surface area contributed by atoms with E-state index in [1.165, 1.54) is 25.0 Å². The Hall–Kier alpha value is -2.15. The minimum Gasteiger partial charge on any atom is -0.311 e. The lowest BCUT2D eigenvalue weighted by Gasteiger charge is -2.16. The van der Waals surface area contributed by atoms with Crippen LogP contribution < -0.4 is 4.90 Å². The van der Waals surface area contributed by atoms with E-state index in [4.69, 9.17) is 0 Å². The third-order valence-electron chi connectivity index (χ3n) is 3.48. The number of nitrogens with zero attached hydrogens (tertiary/aromatic N) is 4. The molecule has 0 saturated carbocycles. The zero-order valence-electron chi connectivity index (χ0n) is 12.2. The van der Waals surface area contributed by atoms with Gasteiger partial charge in [-0.3, -0.25) is 9.59 Å². The fourth-order valence-electron chi connectivity index (χ4n) is 2.52. The van der Waals surface area contributed by atoms with E-state index >= 15 is 0 Å². The molecule has 1 aliphatic rings. The van der Waals surface area contributed by atoms with Crippen LogP contribution in [0, 0.1) is 0 Å². The van der Waals surface area contributed by atoms with Crippen molar-refractivity contribution in [1.82, 2.24) is 14.8 Å². The number of hydrogen-bond donors (Lipinski definition) is 0. The Labute approximate surface area is 132 Å². The molecule has 114 valence electrons. The summed E-state index contributed by atoms with van der Waals surface area (Å²) in [6, 6.07) is 7.83. The highest BCUT2D eigenvalue weighted by Gasteiger charge is 2.31. The summed E-state index contributed by atoms with van der Waals surface area (Å²) >= 11 is 1.25. The van der Waals surface area contributed by atoms with Crippen LogP contribution >= 0.6 is 11.8 Å². The minimum absolute atomic E-state index is 0.0554. The van der Waals surface area contributed by atoms with Gasteiger partial charge in [-0.1, -0.05) is 23.9 Å². The average molecular weight is 316 g/mol. The number of carbonyl (C=O) groups excluding carboxylic acids is 2. The maximum atomic E-state index is 12.1. The highest BCUT2D eigenvalue weighted by atomic mass is 32.2. The summed E-state index contributed by atoms with van der Waals surface area (Å²) in [6.45, 7) is 2.78. The van der Waals surface area contributed by atoms with Crippen molar-refractivity contribution in [2.45, 2.75) is 25.1 Å². The van der Waals surface area contributed by atoms with Gasteiger partial charge in [0.15, 0.2) is 5.12 Å². The van der Waals surface area contributed by atoms with E-state index < -0.39 is 0 Å². The fourth-order valence-corrected chi connectivity index (χ4v) is 3.44. The van der Waals surface area contributed by atoms with Crippen molar-refractivity contribution in [3.8, 4) is 0 Å². The molecule has 1 aromatic heterocycles. The molecule has 1 amide bonds. The van der Waals surface area contributed by atoms with Gasteiger partial charge in [-0.05, 0) is 17.7 Å². The molecule has 0 N–H and O–H groups in total. The number of amides is 1. The van der Waals surface area contributed by atoms with Crippen LogP contribution in [0.3, 0.4) is 0 Å². The third kappa shape index (κ3) is 3.36. The quantitative estimate of drug-likeness (QED) is 0.859. The highest BCUT2D eigenvalue weighted by molar-refractivity contribution is 8.14. The number of benzene rings is 1. The predicted octanol–water partition coefficient (Wildman–Crippen LogP) is 1.71. The van der Waals surface area contributed by atoms with Crippen LogP contribution in [0.25, 0.3) is 0 Å². The van der Waals surface area contributed by atoms with Crippen LogP contribution in [0.1, 0.15) is 18.9 Å². The fraction of sp³-hybridized carbons (Fsp3) is 0.333. The smallest absolute Gasteiger partial charge is 0.228 e. The summed E-state index contributed by atoms with van der Waals surface area (Å²) in [5, 5.41) is 4.18. The van der Waals surface area contributed by atoms with Crippen LogP contribution in [0.15, 0.2) is 36.9 Å². The standard InChI is InChI=1S/C15H16N4O2S/c1-11(20)22-14-6-15(21)19(8-14)13-4-2-12(3-5-13)7-18-10-16-9-17-18/h2-5,9-10,14H,6-8H2,1H3. The van der Waals surface area contributed by atoms with E-state index in [0.29, 0.717) is 19.5 Å². The van der Waals surface area contributed by atoms with Gasteiger partial charge < -0.3 is 4.90 Å². The molecule has 1 unspecified atom stereocenters. The molecular formula is C15H16N4O2S. The molecule has 0 radical (unpaired) electrons. The van der Waals surface area contributed by atoms with E-state index in [1.54, 1.807) is 15.9 Å². The van der Waals surface area contributed by atoms with Crippen LogP contribution in [0.2, 0.25) is 0 Å². The zero-order valence-corrected chi connectivity index (χ0v) is 13.0. The molecule has 1 aromatic carbocycles. The SMILES string of the molecule is CC(=O)SC1CC(=O)N(c2ccc(Cn3cncn3)cc2)C1. The van der Waals surface area contributed by atoms with E-state index in [0.717, 1.165) is 11.3 Å². The third-order valence-corrected chi connectivity index (χ3v) is 4.46. The van der Waals surface area contributed by atoms with Crippen LogP contribution in [-0.4, -0.2) is 37.6 Å². The van der Waals surface area contributed by atoms with Crippen molar-refractivity contribution in [1.29, 1.82) is 0 Å². The van der Waals surface area contributed by atoms with Gasteiger partial charge in [0.25, 0.3) is 0 Å². The summed E-state index contributed by atoms with van der Waals surface area (Å²) < 4.78 is 1.75. The maximum Gasteiger partial charge on any atom is 0.228 e. The zero-order chi connectivity index (χ0) is 15.5. The topological polar surface area (TPSA) is 68.1 Å². The van der Waals surface area contributed by atoms with Crippen molar-refractivity contribution in [3.63, 3.8) is 0 Å². The second-order valence-corrected chi connectivity index (χ2v) is 6.68. The van der Waals surface area contributed by atoms with Gasteiger partial charge in [0, 0.05) is 30.8 Å². The molecule has 0 bridgehead atoms. The van der Waals surface area contributed by atoms with Crippen LogP contribution in [-0.2, 0) is 16.1 Å². The van der Waals surface area contributed by atoms with Gasteiger partial charge in [-0.2, -0.15) is 5.10 Å². The Bertz CT molecular complexity index is 669.